The number of aliphatic hydroxyl groups excluding tert-OH is 2. The summed E-state index contributed by atoms with van der Waals surface area (Å²) in [5, 5.41) is 22.9. The molecule has 0 aliphatic carbocycles. The number of carbonyl (C=O) groups excluding carboxylic acids is 2. The molecule has 2 atom stereocenters. The van der Waals surface area contributed by atoms with Crippen LogP contribution in [-0.2, 0) is 14.3 Å². The van der Waals surface area contributed by atoms with Crippen molar-refractivity contribution in [1.82, 2.24) is 5.32 Å². The van der Waals surface area contributed by atoms with Gasteiger partial charge in [-0.1, -0.05) is 243 Å². The maximum Gasteiger partial charge on any atom is 0.305 e. The highest BCUT2D eigenvalue weighted by Crippen LogP contribution is 2.16. The molecular formula is C56H105NO5. The minimum Gasteiger partial charge on any atom is -0.466 e. The predicted octanol–water partition coefficient (Wildman–Crippen LogP) is 16.5. The molecule has 0 bridgehead atoms. The minimum absolute atomic E-state index is 0.00350. The van der Waals surface area contributed by atoms with Gasteiger partial charge in [-0.15, -0.1) is 0 Å². The highest BCUT2D eigenvalue weighted by atomic mass is 16.5. The maximum absolute atomic E-state index is 12.4. The standard InChI is InChI=1S/C56H105NO5/c1-3-5-7-9-11-13-15-16-17-18-21-24-27-30-34-38-42-46-50-56(61)62-51-47-43-39-35-31-28-25-22-19-20-23-26-29-33-37-41-45-49-55(60)57-53(52-58)54(59)48-44-40-36-32-14-12-10-8-6-4-2/h13,15,17-18,44,48,53-54,58-59H,3-12,14,16,19-43,45-47,49-52H2,1-2H3,(H,57,60)/b15-13-,18-17-,48-44+. The van der Waals surface area contributed by atoms with Crippen LogP contribution < -0.4 is 5.32 Å². The van der Waals surface area contributed by atoms with E-state index in [1.807, 2.05) is 6.08 Å². The molecule has 0 saturated carbocycles. The molecule has 0 aromatic carbocycles. The first-order valence-electron chi connectivity index (χ1n) is 27.3. The van der Waals surface area contributed by atoms with Crippen LogP contribution in [0.1, 0.15) is 284 Å². The van der Waals surface area contributed by atoms with Crippen LogP contribution in [0.25, 0.3) is 0 Å². The second-order valence-corrected chi connectivity index (χ2v) is 18.6. The molecular weight excluding hydrogens is 767 g/mol. The van der Waals surface area contributed by atoms with Gasteiger partial charge in [0.05, 0.1) is 25.4 Å². The highest BCUT2D eigenvalue weighted by Gasteiger charge is 2.18. The van der Waals surface area contributed by atoms with Crippen molar-refractivity contribution in [2.24, 2.45) is 0 Å². The van der Waals surface area contributed by atoms with Crippen molar-refractivity contribution in [2.45, 2.75) is 296 Å². The topological polar surface area (TPSA) is 95.9 Å². The Hall–Kier alpha value is -1.92. The third kappa shape index (κ3) is 47.6. The molecule has 0 radical (unpaired) electrons. The largest absolute Gasteiger partial charge is 0.466 e. The summed E-state index contributed by atoms with van der Waals surface area (Å²) < 4.78 is 5.48. The molecule has 2 unspecified atom stereocenters. The molecule has 1 amide bonds. The molecule has 0 fully saturated rings. The number of hydrogen-bond acceptors (Lipinski definition) is 5. The summed E-state index contributed by atoms with van der Waals surface area (Å²) >= 11 is 0. The lowest BCUT2D eigenvalue weighted by molar-refractivity contribution is -0.143. The number of allylic oxidation sites excluding steroid dienone is 5. The molecule has 0 spiro atoms. The van der Waals surface area contributed by atoms with E-state index in [-0.39, 0.29) is 18.5 Å². The van der Waals surface area contributed by atoms with E-state index in [1.165, 1.54) is 205 Å². The van der Waals surface area contributed by atoms with Gasteiger partial charge in [-0.2, -0.15) is 0 Å². The lowest BCUT2D eigenvalue weighted by Gasteiger charge is -2.20. The number of hydrogen-bond donors (Lipinski definition) is 3. The smallest absolute Gasteiger partial charge is 0.305 e. The quantitative estimate of drug-likeness (QED) is 0.0321. The van der Waals surface area contributed by atoms with Gasteiger partial charge in [-0.3, -0.25) is 9.59 Å². The first kappa shape index (κ1) is 60.1. The Balaban J connectivity index is 3.41. The van der Waals surface area contributed by atoms with E-state index < -0.39 is 12.1 Å². The summed E-state index contributed by atoms with van der Waals surface area (Å²) in [5.74, 6) is -0.0794. The van der Waals surface area contributed by atoms with Crippen molar-refractivity contribution in [2.75, 3.05) is 13.2 Å². The number of unbranched alkanes of at least 4 members (excludes halogenated alkanes) is 35. The normalized spacial score (nSPS) is 12.9. The molecule has 0 saturated heterocycles. The maximum atomic E-state index is 12.4. The Morgan fingerprint density at radius 2 is 0.806 bits per heavy atom. The average Bonchev–Trinajstić information content (AvgIpc) is 3.27. The lowest BCUT2D eigenvalue weighted by Crippen LogP contribution is -2.45. The van der Waals surface area contributed by atoms with Gasteiger partial charge >= 0.3 is 5.97 Å². The number of ether oxygens (including phenoxy) is 1. The Labute approximate surface area is 385 Å². The van der Waals surface area contributed by atoms with Crippen LogP contribution in [0.2, 0.25) is 0 Å². The summed E-state index contributed by atoms with van der Waals surface area (Å²) in [5.41, 5.74) is 0. The van der Waals surface area contributed by atoms with Gasteiger partial charge in [0, 0.05) is 12.8 Å². The lowest BCUT2D eigenvalue weighted by atomic mass is 10.0. The van der Waals surface area contributed by atoms with E-state index in [1.54, 1.807) is 6.08 Å². The fourth-order valence-corrected chi connectivity index (χ4v) is 8.19. The molecule has 62 heavy (non-hydrogen) atoms. The van der Waals surface area contributed by atoms with Crippen molar-refractivity contribution in [3.8, 4) is 0 Å². The van der Waals surface area contributed by atoms with Crippen LogP contribution >= 0.6 is 0 Å². The van der Waals surface area contributed by atoms with E-state index in [4.69, 9.17) is 4.74 Å². The molecule has 364 valence electrons. The fourth-order valence-electron chi connectivity index (χ4n) is 8.19. The summed E-state index contributed by atoms with van der Waals surface area (Å²) in [7, 11) is 0. The second kappa shape index (κ2) is 51.7. The number of aliphatic hydroxyl groups is 2. The van der Waals surface area contributed by atoms with Crippen LogP contribution in [0.3, 0.4) is 0 Å². The van der Waals surface area contributed by atoms with Crippen LogP contribution in [0, 0.1) is 0 Å². The van der Waals surface area contributed by atoms with Gasteiger partial charge in [-0.25, -0.2) is 0 Å². The first-order valence-corrected chi connectivity index (χ1v) is 27.3. The summed E-state index contributed by atoms with van der Waals surface area (Å²) in [6.45, 7) is 4.85. The molecule has 6 nitrogen and oxygen atoms in total. The van der Waals surface area contributed by atoms with Crippen LogP contribution in [-0.4, -0.2) is 47.4 Å². The second-order valence-electron chi connectivity index (χ2n) is 18.6. The minimum atomic E-state index is -0.846. The summed E-state index contributed by atoms with van der Waals surface area (Å²) in [6.07, 6.45) is 63.0. The Kier molecular flexibility index (Phi) is 50.1. The number of rotatable bonds is 50. The third-order valence-electron chi connectivity index (χ3n) is 12.4. The number of carbonyl (C=O) groups is 2. The fraction of sp³-hybridized carbons (Fsp3) is 0.857. The molecule has 3 N–H and O–H groups in total. The zero-order valence-corrected chi connectivity index (χ0v) is 41.4. The van der Waals surface area contributed by atoms with E-state index in [2.05, 4.69) is 43.5 Å². The predicted molar refractivity (Wildman–Crippen MR) is 269 cm³/mol. The third-order valence-corrected chi connectivity index (χ3v) is 12.4. The monoisotopic (exact) mass is 872 g/mol. The number of esters is 1. The van der Waals surface area contributed by atoms with Crippen molar-refractivity contribution in [1.29, 1.82) is 0 Å². The van der Waals surface area contributed by atoms with Gasteiger partial charge in [0.25, 0.3) is 0 Å². The SMILES string of the molecule is CCCCCC/C=C\C/C=C\CCCCCCCCCC(=O)OCCCCCCCCCCCCCCCCCCCC(=O)NC(CO)C(O)/C=C/CCCCCCCCCC. The van der Waals surface area contributed by atoms with Crippen LogP contribution in [0.5, 0.6) is 0 Å². The zero-order chi connectivity index (χ0) is 45.1. The molecule has 0 rings (SSSR count). The van der Waals surface area contributed by atoms with Gasteiger partial charge in [0.2, 0.25) is 5.91 Å². The van der Waals surface area contributed by atoms with E-state index in [0.29, 0.717) is 19.4 Å². The van der Waals surface area contributed by atoms with Crippen molar-refractivity contribution in [3.05, 3.63) is 36.5 Å². The van der Waals surface area contributed by atoms with Gasteiger partial charge in [0.1, 0.15) is 0 Å². The molecule has 6 heteroatoms. The molecule has 0 heterocycles. The Morgan fingerprint density at radius 1 is 0.452 bits per heavy atom. The molecule has 0 aliphatic heterocycles. The van der Waals surface area contributed by atoms with E-state index in [9.17, 15) is 19.8 Å². The van der Waals surface area contributed by atoms with E-state index >= 15 is 0 Å². The Morgan fingerprint density at radius 3 is 1.24 bits per heavy atom. The summed E-state index contributed by atoms with van der Waals surface area (Å²) in [4.78, 5) is 24.5. The van der Waals surface area contributed by atoms with Crippen LogP contribution in [0.4, 0.5) is 0 Å². The van der Waals surface area contributed by atoms with Crippen LogP contribution in [0.15, 0.2) is 36.5 Å². The molecule has 0 aromatic rings. The number of amides is 1. The zero-order valence-electron chi connectivity index (χ0n) is 41.4. The van der Waals surface area contributed by atoms with Gasteiger partial charge in [0.15, 0.2) is 0 Å². The molecule has 0 aromatic heterocycles. The van der Waals surface area contributed by atoms with Crippen molar-refractivity contribution < 1.29 is 24.5 Å². The highest BCUT2D eigenvalue weighted by molar-refractivity contribution is 5.76. The Bertz CT molecular complexity index is 1010. The molecule has 0 aliphatic rings. The average molecular weight is 872 g/mol. The van der Waals surface area contributed by atoms with Gasteiger partial charge < -0.3 is 20.3 Å². The number of nitrogens with one attached hydrogen (secondary N) is 1. The van der Waals surface area contributed by atoms with E-state index in [0.717, 1.165) is 51.4 Å². The van der Waals surface area contributed by atoms with Gasteiger partial charge in [-0.05, 0) is 64.2 Å². The summed E-state index contributed by atoms with van der Waals surface area (Å²) in [6, 6.07) is -0.630. The van der Waals surface area contributed by atoms with Crippen molar-refractivity contribution in [3.63, 3.8) is 0 Å². The first-order chi connectivity index (χ1) is 30.5. The van der Waals surface area contributed by atoms with Crippen molar-refractivity contribution >= 4 is 11.9 Å².